The molecule has 0 saturated heterocycles. The summed E-state index contributed by atoms with van der Waals surface area (Å²) in [5.41, 5.74) is -0.271. The molecular formula is C12H10F3N3O2. The molecular weight excluding hydrogens is 275 g/mol. The van der Waals surface area contributed by atoms with E-state index >= 15 is 0 Å². The number of alkyl halides is 3. The highest BCUT2D eigenvalue weighted by molar-refractivity contribution is 5.86. The zero-order valence-electron chi connectivity index (χ0n) is 10.6. The molecule has 0 bridgehead atoms. The number of rotatable bonds is 2. The molecule has 0 unspecified atom stereocenters. The summed E-state index contributed by atoms with van der Waals surface area (Å²) in [6.07, 6.45) is -4.48. The Labute approximate surface area is 111 Å². The highest BCUT2D eigenvalue weighted by Gasteiger charge is 2.31. The van der Waals surface area contributed by atoms with Gasteiger partial charge in [0.15, 0.2) is 5.69 Å². The summed E-state index contributed by atoms with van der Waals surface area (Å²) in [6.45, 7) is 3.04. The summed E-state index contributed by atoms with van der Waals surface area (Å²) in [6, 6.07) is 3.19. The molecule has 1 aromatic heterocycles. The van der Waals surface area contributed by atoms with Crippen LogP contribution in [0.2, 0.25) is 0 Å². The fraction of sp³-hybridized carbons (Fsp3) is 0.250. The Balaban J connectivity index is 2.61. The number of aromatic nitrogens is 3. The molecule has 0 saturated carbocycles. The van der Waals surface area contributed by atoms with E-state index in [2.05, 4.69) is 10.3 Å². The van der Waals surface area contributed by atoms with E-state index in [1.165, 1.54) is 13.0 Å². The number of aromatic carboxylic acids is 1. The predicted molar refractivity (Wildman–Crippen MR) is 62.8 cm³/mol. The maximum absolute atomic E-state index is 12.7. The Bertz CT molecular complexity index is 677. The first-order chi connectivity index (χ1) is 9.21. The largest absolute Gasteiger partial charge is 0.476 e. The second-order valence-corrected chi connectivity index (χ2v) is 4.24. The lowest BCUT2D eigenvalue weighted by molar-refractivity contribution is -0.137. The van der Waals surface area contributed by atoms with Gasteiger partial charge in [-0.25, -0.2) is 9.48 Å². The fourth-order valence-electron chi connectivity index (χ4n) is 1.77. The molecule has 8 heteroatoms. The Hall–Kier alpha value is -2.38. The lowest BCUT2D eigenvalue weighted by Crippen LogP contribution is -2.09. The van der Waals surface area contributed by atoms with Crippen LogP contribution in [-0.2, 0) is 6.18 Å². The van der Waals surface area contributed by atoms with Gasteiger partial charge in [0, 0.05) is 0 Å². The molecule has 106 valence electrons. The number of aryl methyl sites for hydroxylation is 1. The fourth-order valence-corrected chi connectivity index (χ4v) is 1.77. The van der Waals surface area contributed by atoms with Crippen LogP contribution in [0.3, 0.4) is 0 Å². The molecule has 5 nitrogen and oxygen atoms in total. The van der Waals surface area contributed by atoms with Crippen molar-refractivity contribution in [2.75, 3.05) is 0 Å². The monoisotopic (exact) mass is 285 g/mol. The van der Waals surface area contributed by atoms with Gasteiger partial charge in [0.2, 0.25) is 0 Å². The molecule has 2 aromatic rings. The van der Waals surface area contributed by atoms with Crippen LogP contribution in [0.15, 0.2) is 18.2 Å². The second-order valence-electron chi connectivity index (χ2n) is 4.24. The van der Waals surface area contributed by atoms with Gasteiger partial charge in [0.25, 0.3) is 0 Å². The molecule has 1 heterocycles. The van der Waals surface area contributed by atoms with Gasteiger partial charge in [-0.3, -0.25) is 0 Å². The van der Waals surface area contributed by atoms with E-state index in [0.29, 0.717) is 5.56 Å². The highest BCUT2D eigenvalue weighted by atomic mass is 19.4. The molecule has 2 rings (SSSR count). The standard InChI is InChI=1S/C12H10F3N3O2/c1-6-3-4-8(12(13,14)15)5-9(6)18-7(2)10(11(19)20)16-17-18/h3-5H,1-2H3,(H,19,20). The third kappa shape index (κ3) is 2.36. The summed E-state index contributed by atoms with van der Waals surface area (Å²) < 4.78 is 39.2. The van der Waals surface area contributed by atoms with Crippen LogP contribution in [0, 0.1) is 13.8 Å². The molecule has 1 aromatic carbocycles. The molecule has 0 aliphatic rings. The van der Waals surface area contributed by atoms with E-state index in [1.54, 1.807) is 6.92 Å². The molecule has 0 atom stereocenters. The van der Waals surface area contributed by atoms with Gasteiger partial charge < -0.3 is 5.11 Å². The van der Waals surface area contributed by atoms with Crippen LogP contribution < -0.4 is 0 Å². The maximum Gasteiger partial charge on any atom is 0.416 e. The molecule has 0 amide bonds. The first kappa shape index (κ1) is 14.0. The lowest BCUT2D eigenvalue weighted by atomic mass is 10.1. The molecule has 0 spiro atoms. The van der Waals surface area contributed by atoms with Crippen molar-refractivity contribution < 1.29 is 23.1 Å². The summed E-state index contributed by atoms with van der Waals surface area (Å²) in [5.74, 6) is -1.28. The number of nitrogens with zero attached hydrogens (tertiary/aromatic N) is 3. The van der Waals surface area contributed by atoms with Gasteiger partial charge in [0.05, 0.1) is 16.9 Å². The minimum absolute atomic E-state index is 0.150. The van der Waals surface area contributed by atoms with Gasteiger partial charge in [-0.1, -0.05) is 11.3 Å². The summed E-state index contributed by atoms with van der Waals surface area (Å²) in [4.78, 5) is 10.9. The van der Waals surface area contributed by atoms with Crippen LogP contribution in [0.5, 0.6) is 0 Å². The van der Waals surface area contributed by atoms with Crippen LogP contribution >= 0.6 is 0 Å². The number of carboxylic acids is 1. The van der Waals surface area contributed by atoms with E-state index in [0.717, 1.165) is 16.8 Å². The van der Waals surface area contributed by atoms with Crippen molar-refractivity contribution >= 4 is 5.97 Å². The lowest BCUT2D eigenvalue weighted by Gasteiger charge is -2.12. The maximum atomic E-state index is 12.7. The number of halogens is 3. The first-order valence-corrected chi connectivity index (χ1v) is 5.55. The molecule has 0 radical (unpaired) electrons. The number of carboxylic acid groups (broad SMARTS) is 1. The van der Waals surface area contributed by atoms with Crippen molar-refractivity contribution in [3.63, 3.8) is 0 Å². The number of hydrogen-bond acceptors (Lipinski definition) is 3. The molecule has 1 N–H and O–H groups in total. The number of hydrogen-bond donors (Lipinski definition) is 1. The summed E-state index contributed by atoms with van der Waals surface area (Å²) in [7, 11) is 0. The van der Waals surface area contributed by atoms with Crippen molar-refractivity contribution in [2.24, 2.45) is 0 Å². The number of benzene rings is 1. The van der Waals surface area contributed by atoms with Gasteiger partial charge in [0.1, 0.15) is 0 Å². The quantitative estimate of drug-likeness (QED) is 0.921. The molecule has 20 heavy (non-hydrogen) atoms. The SMILES string of the molecule is Cc1ccc(C(F)(F)F)cc1-n1nnc(C(=O)O)c1C. The van der Waals surface area contributed by atoms with Crippen molar-refractivity contribution in [3.05, 3.63) is 40.7 Å². The van der Waals surface area contributed by atoms with Crippen molar-refractivity contribution in [2.45, 2.75) is 20.0 Å². The van der Waals surface area contributed by atoms with Crippen molar-refractivity contribution in [1.82, 2.24) is 15.0 Å². The summed E-state index contributed by atoms with van der Waals surface area (Å²) in [5, 5.41) is 15.9. The summed E-state index contributed by atoms with van der Waals surface area (Å²) >= 11 is 0. The van der Waals surface area contributed by atoms with E-state index in [4.69, 9.17) is 5.11 Å². The van der Waals surface area contributed by atoms with Crippen LogP contribution in [-0.4, -0.2) is 26.1 Å². The number of carbonyl (C=O) groups is 1. The highest BCUT2D eigenvalue weighted by Crippen LogP contribution is 2.31. The van der Waals surface area contributed by atoms with Crippen LogP contribution in [0.25, 0.3) is 5.69 Å². The third-order valence-electron chi connectivity index (χ3n) is 2.86. The second kappa shape index (κ2) is 4.62. The van der Waals surface area contributed by atoms with Crippen LogP contribution in [0.1, 0.15) is 27.3 Å². The Kier molecular flexibility index (Phi) is 3.24. The molecule has 0 fully saturated rings. The molecule has 0 aliphatic heterocycles. The zero-order valence-corrected chi connectivity index (χ0v) is 10.6. The van der Waals surface area contributed by atoms with Gasteiger partial charge in [-0.2, -0.15) is 13.2 Å². The van der Waals surface area contributed by atoms with Crippen molar-refractivity contribution in [3.8, 4) is 5.69 Å². The molecule has 0 aliphatic carbocycles. The normalized spacial score (nSPS) is 11.7. The van der Waals surface area contributed by atoms with Crippen LogP contribution in [0.4, 0.5) is 13.2 Å². The van der Waals surface area contributed by atoms with Gasteiger partial charge >= 0.3 is 12.1 Å². The minimum atomic E-state index is -4.48. The first-order valence-electron chi connectivity index (χ1n) is 5.55. The van der Waals surface area contributed by atoms with E-state index in [9.17, 15) is 18.0 Å². The average molecular weight is 285 g/mol. The van der Waals surface area contributed by atoms with Gasteiger partial charge in [-0.05, 0) is 31.5 Å². The van der Waals surface area contributed by atoms with Crippen molar-refractivity contribution in [1.29, 1.82) is 0 Å². The Morgan fingerprint density at radius 2 is 1.95 bits per heavy atom. The third-order valence-corrected chi connectivity index (χ3v) is 2.86. The predicted octanol–water partition coefficient (Wildman–Crippen LogP) is 2.60. The topological polar surface area (TPSA) is 68.0 Å². The van der Waals surface area contributed by atoms with E-state index in [1.807, 2.05) is 0 Å². The van der Waals surface area contributed by atoms with E-state index < -0.39 is 17.7 Å². The smallest absolute Gasteiger partial charge is 0.416 e. The van der Waals surface area contributed by atoms with E-state index in [-0.39, 0.29) is 17.1 Å². The Morgan fingerprint density at radius 1 is 1.30 bits per heavy atom. The average Bonchev–Trinajstić information content (AvgIpc) is 2.70. The zero-order chi connectivity index (χ0) is 15.1. The Morgan fingerprint density at radius 3 is 2.45 bits per heavy atom. The van der Waals surface area contributed by atoms with Gasteiger partial charge in [-0.15, -0.1) is 5.10 Å². The minimum Gasteiger partial charge on any atom is -0.476 e.